The number of pyridine rings is 2. The van der Waals surface area contributed by atoms with Gasteiger partial charge in [-0.3, -0.25) is 9.69 Å². The molecule has 47 heavy (non-hydrogen) atoms. The van der Waals surface area contributed by atoms with Crippen LogP contribution in [0, 0.1) is 6.92 Å². The van der Waals surface area contributed by atoms with E-state index in [0.717, 1.165) is 66.5 Å². The molecule has 1 amide bonds. The second-order valence-corrected chi connectivity index (χ2v) is 14.5. The Bertz CT molecular complexity index is 1630. The Hall–Kier alpha value is -4.03. The minimum Gasteiger partial charge on any atom is -0.444 e. The van der Waals surface area contributed by atoms with Crippen molar-refractivity contribution in [2.45, 2.75) is 65.2 Å². The molecule has 0 atom stereocenters. The van der Waals surface area contributed by atoms with E-state index in [4.69, 9.17) is 14.5 Å². The predicted molar refractivity (Wildman–Crippen MR) is 182 cm³/mol. The zero-order chi connectivity index (χ0) is 33.5. The smallest absolute Gasteiger partial charge is 0.410 e. The van der Waals surface area contributed by atoms with Gasteiger partial charge in [-0.2, -0.15) is 0 Å². The van der Waals surface area contributed by atoms with E-state index in [9.17, 15) is 9.59 Å². The van der Waals surface area contributed by atoms with Crippen LogP contribution in [0.4, 0.5) is 16.6 Å². The first-order valence-corrected chi connectivity index (χ1v) is 16.6. The summed E-state index contributed by atoms with van der Waals surface area (Å²) >= 11 is 0. The average molecular weight is 645 g/mol. The molecule has 1 spiro atoms. The Kier molecular flexibility index (Phi) is 9.01. The van der Waals surface area contributed by atoms with Crippen LogP contribution in [-0.4, -0.2) is 106 Å². The van der Waals surface area contributed by atoms with E-state index in [1.54, 1.807) is 16.5 Å². The highest BCUT2D eigenvalue weighted by Gasteiger charge is 2.49. The number of morpholine rings is 1. The van der Waals surface area contributed by atoms with Crippen molar-refractivity contribution in [1.29, 1.82) is 0 Å². The number of hydrogen-bond donors (Lipinski definition) is 0. The molecule has 252 valence electrons. The van der Waals surface area contributed by atoms with Gasteiger partial charge in [0.15, 0.2) is 0 Å². The van der Waals surface area contributed by atoms with Crippen LogP contribution in [0.25, 0.3) is 11.1 Å². The van der Waals surface area contributed by atoms with E-state index in [2.05, 4.69) is 50.6 Å². The fourth-order valence-corrected chi connectivity index (χ4v) is 6.64. The average Bonchev–Trinajstić information content (AvgIpc) is 3.02. The van der Waals surface area contributed by atoms with Crippen molar-refractivity contribution >= 4 is 17.9 Å². The third-order valence-corrected chi connectivity index (χ3v) is 9.07. The van der Waals surface area contributed by atoms with Crippen LogP contribution in [0.1, 0.15) is 57.4 Å². The molecule has 12 heteroatoms. The molecule has 0 aliphatic carbocycles. The molecule has 3 aromatic rings. The lowest BCUT2D eigenvalue weighted by Gasteiger charge is -2.53. The van der Waals surface area contributed by atoms with Crippen LogP contribution in [0.5, 0.6) is 0 Å². The third-order valence-electron chi connectivity index (χ3n) is 9.07. The van der Waals surface area contributed by atoms with Crippen molar-refractivity contribution in [3.63, 3.8) is 0 Å². The Morgan fingerprint density at radius 2 is 1.72 bits per heavy atom. The van der Waals surface area contributed by atoms with Gasteiger partial charge in [-0.15, -0.1) is 0 Å². The van der Waals surface area contributed by atoms with Gasteiger partial charge in [0.2, 0.25) is 5.95 Å². The number of ether oxygens (including phenoxy) is 2. The SMILES string of the molecule is Cc1cc(-c2ccc(N3CCN(Cc4cnc(N5CC6(CN(C(=O)OC(C)(C)C)CCO6)C5)nc4)CC3)nc2C(C)C)cn(C)c1=O. The maximum atomic E-state index is 12.6. The third kappa shape index (κ3) is 7.28. The second kappa shape index (κ2) is 12.9. The van der Waals surface area contributed by atoms with Crippen LogP contribution in [-0.2, 0) is 23.1 Å². The lowest BCUT2D eigenvalue weighted by atomic mass is 9.92. The molecule has 0 unspecified atom stereocenters. The maximum absolute atomic E-state index is 12.6. The molecule has 6 heterocycles. The molecule has 0 saturated carbocycles. The molecule has 0 radical (unpaired) electrons. The summed E-state index contributed by atoms with van der Waals surface area (Å²) in [6.07, 6.45) is 5.46. The molecule has 3 aliphatic rings. The van der Waals surface area contributed by atoms with Gasteiger partial charge in [0.25, 0.3) is 5.56 Å². The zero-order valence-corrected chi connectivity index (χ0v) is 28.8. The largest absolute Gasteiger partial charge is 0.444 e. The van der Waals surface area contributed by atoms with E-state index < -0.39 is 11.2 Å². The number of hydrogen-bond acceptors (Lipinski definition) is 10. The molecule has 6 rings (SSSR count). The van der Waals surface area contributed by atoms with Crippen LogP contribution in [0.15, 0.2) is 41.6 Å². The van der Waals surface area contributed by atoms with Crippen molar-refractivity contribution in [3.8, 4) is 11.1 Å². The fraction of sp³-hybridized carbons (Fsp3) is 0.571. The van der Waals surface area contributed by atoms with Gasteiger partial charge in [-0.05, 0) is 51.8 Å². The first-order valence-electron chi connectivity index (χ1n) is 16.6. The Balaban J connectivity index is 1.02. The molecule has 3 aromatic heterocycles. The van der Waals surface area contributed by atoms with Crippen LogP contribution >= 0.6 is 0 Å². The molecule has 3 fully saturated rings. The predicted octanol–water partition coefficient (Wildman–Crippen LogP) is 3.82. The number of carbonyl (C=O) groups is 1. The zero-order valence-electron chi connectivity index (χ0n) is 28.8. The van der Waals surface area contributed by atoms with E-state index in [-0.39, 0.29) is 17.6 Å². The number of aryl methyl sites for hydroxylation is 2. The summed E-state index contributed by atoms with van der Waals surface area (Å²) in [5, 5.41) is 0. The lowest BCUT2D eigenvalue weighted by molar-refractivity contribution is -0.122. The molecule has 3 saturated heterocycles. The van der Waals surface area contributed by atoms with Gasteiger partial charge in [-0.1, -0.05) is 13.8 Å². The minimum atomic E-state index is -0.522. The molecule has 0 N–H and O–H groups in total. The molecule has 12 nitrogen and oxygen atoms in total. The maximum Gasteiger partial charge on any atom is 0.410 e. The minimum absolute atomic E-state index is 0.0261. The highest BCUT2D eigenvalue weighted by molar-refractivity contribution is 5.69. The van der Waals surface area contributed by atoms with E-state index in [1.165, 1.54) is 0 Å². The van der Waals surface area contributed by atoms with Gasteiger partial charge >= 0.3 is 6.09 Å². The number of piperazine rings is 1. The number of rotatable bonds is 6. The van der Waals surface area contributed by atoms with Crippen LogP contribution in [0.2, 0.25) is 0 Å². The van der Waals surface area contributed by atoms with Crippen LogP contribution in [0.3, 0.4) is 0 Å². The number of anilines is 2. The molecule has 3 aliphatic heterocycles. The van der Waals surface area contributed by atoms with Gasteiger partial charge in [0.05, 0.1) is 31.9 Å². The highest BCUT2D eigenvalue weighted by Crippen LogP contribution is 2.33. The first-order chi connectivity index (χ1) is 22.3. The summed E-state index contributed by atoms with van der Waals surface area (Å²) in [5.74, 6) is 1.93. The topological polar surface area (TPSA) is 109 Å². The van der Waals surface area contributed by atoms with Crippen molar-refractivity contribution < 1.29 is 14.3 Å². The number of nitrogens with zero attached hydrogens (tertiary/aromatic N) is 8. The quantitative estimate of drug-likeness (QED) is 0.393. The summed E-state index contributed by atoms with van der Waals surface area (Å²) in [6.45, 7) is 19.1. The molecular formula is C35H48N8O4. The van der Waals surface area contributed by atoms with Crippen molar-refractivity contribution in [2.75, 3.05) is 68.8 Å². The molecule has 0 bridgehead atoms. The monoisotopic (exact) mass is 644 g/mol. The first kappa shape index (κ1) is 32.9. The summed E-state index contributed by atoms with van der Waals surface area (Å²) < 4.78 is 13.3. The summed E-state index contributed by atoms with van der Waals surface area (Å²) in [7, 11) is 1.80. The second-order valence-electron chi connectivity index (χ2n) is 14.5. The molecule has 0 aromatic carbocycles. The lowest BCUT2D eigenvalue weighted by Crippen LogP contribution is -2.71. The number of aromatic nitrogens is 4. The van der Waals surface area contributed by atoms with Crippen molar-refractivity contribution in [1.82, 2.24) is 29.3 Å². The summed E-state index contributed by atoms with van der Waals surface area (Å²) in [4.78, 5) is 48.0. The fourth-order valence-electron chi connectivity index (χ4n) is 6.64. The van der Waals surface area contributed by atoms with Crippen LogP contribution < -0.4 is 15.4 Å². The number of carbonyl (C=O) groups excluding carboxylic acids is 1. The van der Waals surface area contributed by atoms with Gasteiger partial charge in [0, 0.05) is 87.2 Å². The summed E-state index contributed by atoms with van der Waals surface area (Å²) in [5.41, 5.74) is 4.06. The normalized spacial score (nSPS) is 18.5. The summed E-state index contributed by atoms with van der Waals surface area (Å²) in [6, 6.07) is 6.23. The van der Waals surface area contributed by atoms with Gasteiger partial charge in [0.1, 0.15) is 17.0 Å². The Morgan fingerprint density at radius 3 is 2.36 bits per heavy atom. The van der Waals surface area contributed by atoms with E-state index in [1.807, 2.05) is 52.4 Å². The van der Waals surface area contributed by atoms with Crippen molar-refractivity contribution in [3.05, 3.63) is 64.0 Å². The highest BCUT2D eigenvalue weighted by atomic mass is 16.6. The Labute approximate surface area is 277 Å². The van der Waals surface area contributed by atoms with E-state index >= 15 is 0 Å². The standard InChI is InChI=1S/C35H48N8O4/c1-24(2)30-28(27-16-25(3)31(44)39(7)20-27)8-9-29(38-30)41-12-10-40(11-13-41)19-26-17-36-32(37-18-26)43-22-35(23-43)21-42(14-15-46-35)33(45)47-34(4,5)6/h8-9,16-18,20,24H,10-15,19,21-23H2,1-7H3. The van der Waals surface area contributed by atoms with E-state index in [0.29, 0.717) is 38.7 Å². The molecular weight excluding hydrogens is 596 g/mol. The van der Waals surface area contributed by atoms with Crippen molar-refractivity contribution in [2.24, 2.45) is 7.05 Å². The van der Waals surface area contributed by atoms with Gasteiger partial charge < -0.3 is 28.7 Å². The number of amides is 1. The van der Waals surface area contributed by atoms with Gasteiger partial charge in [-0.25, -0.2) is 19.7 Å². The Morgan fingerprint density at radius 1 is 1.02 bits per heavy atom.